The first-order valence-corrected chi connectivity index (χ1v) is 8.54. The Bertz CT molecular complexity index is 802. The van der Waals surface area contributed by atoms with Gasteiger partial charge < -0.3 is 10.1 Å². The van der Waals surface area contributed by atoms with Crippen LogP contribution < -0.4 is 16.6 Å². The highest BCUT2D eigenvalue weighted by Gasteiger charge is 2.28. The summed E-state index contributed by atoms with van der Waals surface area (Å²) in [5.74, 6) is -0.810. The second kappa shape index (κ2) is 7.96. The van der Waals surface area contributed by atoms with Crippen molar-refractivity contribution < 1.29 is 14.3 Å². The van der Waals surface area contributed by atoms with Crippen LogP contribution in [0.2, 0.25) is 0 Å². The lowest BCUT2D eigenvalue weighted by atomic mass is 10.0. The molecule has 9 nitrogen and oxygen atoms in total. The quantitative estimate of drug-likeness (QED) is 0.647. The predicted molar refractivity (Wildman–Crippen MR) is 95.4 cm³/mol. The van der Waals surface area contributed by atoms with Gasteiger partial charge in [-0.3, -0.25) is 28.4 Å². The number of ether oxygens (including phenoxy) is 1. The smallest absolute Gasteiger partial charge is 0.331 e. The summed E-state index contributed by atoms with van der Waals surface area (Å²) in [6, 6.07) is 0. The molecule has 2 rings (SSSR count). The van der Waals surface area contributed by atoms with E-state index in [9.17, 15) is 19.2 Å². The van der Waals surface area contributed by atoms with E-state index >= 15 is 0 Å². The Balaban J connectivity index is 2.07. The maximum atomic E-state index is 12.3. The molecule has 1 N–H and O–H groups in total. The minimum Gasteiger partial charge on any atom is -0.379 e. The van der Waals surface area contributed by atoms with Crippen LogP contribution in [0.3, 0.4) is 0 Å². The summed E-state index contributed by atoms with van der Waals surface area (Å²) in [6.45, 7) is 8.39. The number of rotatable bonds is 6. The highest BCUT2D eigenvalue weighted by atomic mass is 16.5. The van der Waals surface area contributed by atoms with Gasteiger partial charge in [-0.25, -0.2) is 4.79 Å². The van der Waals surface area contributed by atoms with Gasteiger partial charge in [0.05, 0.1) is 18.8 Å². The number of nitrogens with zero attached hydrogens (tertiary/aromatic N) is 3. The number of carbonyl (C=O) groups excluding carboxylic acids is 2. The van der Waals surface area contributed by atoms with Crippen LogP contribution in [0.15, 0.2) is 15.8 Å². The lowest BCUT2D eigenvalue weighted by Gasteiger charge is -2.40. The molecule has 0 bridgehead atoms. The zero-order valence-corrected chi connectivity index (χ0v) is 15.7. The Labute approximate surface area is 151 Å². The van der Waals surface area contributed by atoms with Crippen molar-refractivity contribution in [2.75, 3.05) is 32.8 Å². The monoisotopic (exact) mass is 366 g/mol. The number of Topliss-reactive ketones (excluding diaryl/α,β-unsaturated/α-hetero) is 1. The number of amides is 1. The number of carbonyl (C=O) groups is 2. The number of morpholine rings is 1. The van der Waals surface area contributed by atoms with Crippen LogP contribution in [0.1, 0.15) is 31.1 Å². The molecule has 1 aromatic heterocycles. The molecule has 1 aliphatic heterocycles. The lowest BCUT2D eigenvalue weighted by molar-refractivity contribution is -0.122. The first-order chi connectivity index (χ1) is 12.1. The maximum Gasteiger partial charge on any atom is 0.331 e. The molecule has 2 heterocycles. The topological polar surface area (TPSA) is 103 Å². The van der Waals surface area contributed by atoms with Gasteiger partial charge in [-0.2, -0.15) is 0 Å². The summed E-state index contributed by atoms with van der Waals surface area (Å²) in [7, 11) is 1.28. The molecule has 1 aliphatic rings. The first kappa shape index (κ1) is 20.1. The van der Waals surface area contributed by atoms with Gasteiger partial charge in [0, 0.05) is 38.4 Å². The normalized spacial score (nSPS) is 15.7. The van der Waals surface area contributed by atoms with Crippen molar-refractivity contribution in [2.45, 2.75) is 32.9 Å². The zero-order chi connectivity index (χ0) is 19.5. The summed E-state index contributed by atoms with van der Waals surface area (Å²) in [6.07, 6.45) is 1.15. The minimum absolute atomic E-state index is 0.117. The number of aromatic nitrogens is 2. The second-order valence-electron chi connectivity index (χ2n) is 7.06. The van der Waals surface area contributed by atoms with E-state index in [4.69, 9.17) is 4.74 Å². The van der Waals surface area contributed by atoms with Gasteiger partial charge >= 0.3 is 5.69 Å². The molecule has 1 aromatic rings. The summed E-state index contributed by atoms with van der Waals surface area (Å²) in [5, 5.41) is 2.83. The fourth-order valence-electron chi connectivity index (χ4n) is 2.89. The predicted octanol–water partition coefficient (Wildman–Crippen LogP) is -1.02. The third-order valence-electron chi connectivity index (χ3n) is 4.63. The van der Waals surface area contributed by atoms with Crippen molar-refractivity contribution in [3.8, 4) is 0 Å². The summed E-state index contributed by atoms with van der Waals surface area (Å²) >= 11 is 0. The Morgan fingerprint density at radius 1 is 1.23 bits per heavy atom. The van der Waals surface area contributed by atoms with Crippen LogP contribution in [0, 0.1) is 0 Å². The maximum absolute atomic E-state index is 12.3. The average Bonchev–Trinajstić information content (AvgIpc) is 2.61. The minimum atomic E-state index is -0.660. The standard InChI is InChI=1S/C17H26N4O5/c1-12(22)13-9-20(16(25)19(4)15(13)24)10-14(23)18-11-17(2,3)21-5-7-26-8-6-21/h9H,5-8,10-11H2,1-4H3,(H,18,23). The van der Waals surface area contributed by atoms with Crippen molar-refractivity contribution >= 4 is 11.7 Å². The molecule has 0 aromatic carbocycles. The Morgan fingerprint density at radius 3 is 2.42 bits per heavy atom. The molecule has 0 unspecified atom stereocenters. The molecule has 0 aliphatic carbocycles. The first-order valence-electron chi connectivity index (χ1n) is 8.54. The van der Waals surface area contributed by atoms with E-state index in [1.54, 1.807) is 0 Å². The second-order valence-corrected chi connectivity index (χ2v) is 7.06. The van der Waals surface area contributed by atoms with Crippen LogP contribution in [0.5, 0.6) is 0 Å². The zero-order valence-electron chi connectivity index (χ0n) is 15.7. The number of ketones is 1. The summed E-state index contributed by atoms with van der Waals surface area (Å²) in [4.78, 5) is 50.2. The van der Waals surface area contributed by atoms with E-state index in [2.05, 4.69) is 10.2 Å². The van der Waals surface area contributed by atoms with E-state index in [0.717, 1.165) is 28.4 Å². The van der Waals surface area contributed by atoms with Gasteiger partial charge in [0.15, 0.2) is 5.78 Å². The fraction of sp³-hybridized carbons (Fsp3) is 0.647. The number of nitrogens with one attached hydrogen (secondary N) is 1. The van der Waals surface area contributed by atoms with E-state index < -0.39 is 17.0 Å². The molecule has 0 atom stereocenters. The molecule has 26 heavy (non-hydrogen) atoms. The molecule has 0 saturated carbocycles. The molecule has 1 fully saturated rings. The van der Waals surface area contributed by atoms with Crippen LogP contribution in [-0.2, 0) is 23.1 Å². The van der Waals surface area contributed by atoms with Crippen molar-refractivity contribution in [2.24, 2.45) is 7.05 Å². The summed E-state index contributed by atoms with van der Waals surface area (Å²) in [5.41, 5.74) is -1.66. The van der Waals surface area contributed by atoms with Gasteiger partial charge in [-0.15, -0.1) is 0 Å². The fourth-order valence-corrected chi connectivity index (χ4v) is 2.89. The molecular weight excluding hydrogens is 340 g/mol. The van der Waals surface area contributed by atoms with E-state index in [1.165, 1.54) is 14.0 Å². The van der Waals surface area contributed by atoms with Crippen LogP contribution in [-0.4, -0.2) is 64.1 Å². The number of hydrogen-bond donors (Lipinski definition) is 1. The lowest BCUT2D eigenvalue weighted by Crippen LogP contribution is -2.55. The Kier molecular flexibility index (Phi) is 6.14. The van der Waals surface area contributed by atoms with E-state index in [-0.39, 0.29) is 23.6 Å². The van der Waals surface area contributed by atoms with Crippen molar-refractivity contribution in [1.82, 2.24) is 19.4 Å². The molecule has 0 spiro atoms. The molecule has 1 saturated heterocycles. The SMILES string of the molecule is CC(=O)c1cn(CC(=O)NCC(C)(C)N2CCOCC2)c(=O)n(C)c1=O. The number of hydrogen-bond acceptors (Lipinski definition) is 6. The Hall–Kier alpha value is -2.26. The molecule has 144 valence electrons. The third kappa shape index (κ3) is 4.47. The van der Waals surface area contributed by atoms with Crippen molar-refractivity contribution in [3.05, 3.63) is 32.6 Å². The van der Waals surface area contributed by atoms with Crippen LogP contribution in [0.25, 0.3) is 0 Å². The molecule has 0 radical (unpaired) electrons. The molecular formula is C17H26N4O5. The third-order valence-corrected chi connectivity index (χ3v) is 4.63. The van der Waals surface area contributed by atoms with Gasteiger partial charge in [-0.1, -0.05) is 0 Å². The summed E-state index contributed by atoms with van der Waals surface area (Å²) < 4.78 is 7.26. The highest BCUT2D eigenvalue weighted by molar-refractivity contribution is 5.93. The average molecular weight is 366 g/mol. The van der Waals surface area contributed by atoms with Gasteiger partial charge in [0.2, 0.25) is 5.91 Å². The van der Waals surface area contributed by atoms with E-state index in [1.807, 2.05) is 13.8 Å². The van der Waals surface area contributed by atoms with E-state index in [0.29, 0.717) is 19.8 Å². The molecule has 1 amide bonds. The van der Waals surface area contributed by atoms with Gasteiger partial charge in [0.1, 0.15) is 6.54 Å². The van der Waals surface area contributed by atoms with Crippen molar-refractivity contribution in [1.29, 1.82) is 0 Å². The van der Waals surface area contributed by atoms with Crippen LogP contribution in [0.4, 0.5) is 0 Å². The van der Waals surface area contributed by atoms with Gasteiger partial charge in [-0.05, 0) is 20.8 Å². The van der Waals surface area contributed by atoms with Crippen LogP contribution >= 0.6 is 0 Å². The molecule has 9 heteroatoms. The van der Waals surface area contributed by atoms with Crippen molar-refractivity contribution in [3.63, 3.8) is 0 Å². The highest BCUT2D eigenvalue weighted by Crippen LogP contribution is 2.14. The largest absolute Gasteiger partial charge is 0.379 e. The van der Waals surface area contributed by atoms with Gasteiger partial charge in [0.25, 0.3) is 5.56 Å². The Morgan fingerprint density at radius 2 is 1.85 bits per heavy atom.